The van der Waals surface area contributed by atoms with Crippen molar-refractivity contribution in [3.63, 3.8) is 0 Å². The van der Waals surface area contributed by atoms with Crippen molar-refractivity contribution < 1.29 is 35.4 Å². The number of unbranched alkanes of at least 4 members (excludes halogenated alkanes) is 3. The van der Waals surface area contributed by atoms with Gasteiger partial charge in [0.25, 0.3) is 0 Å². The number of allylic oxidation sites excluding steroid dienone is 3. The Morgan fingerprint density at radius 3 is 2.32 bits per heavy atom. The summed E-state index contributed by atoms with van der Waals surface area (Å²) in [7, 11) is 1.89. The maximum Gasteiger partial charge on any atom is 0.309 e. The van der Waals surface area contributed by atoms with Crippen molar-refractivity contribution in [1.82, 2.24) is 15.6 Å². The highest BCUT2D eigenvalue weighted by molar-refractivity contribution is 5.85. The highest BCUT2D eigenvalue weighted by atomic mass is 16.4. The van der Waals surface area contributed by atoms with Crippen LogP contribution in [0.3, 0.4) is 0 Å². The Morgan fingerprint density at radius 1 is 0.836 bits per heavy atom. The minimum absolute atomic E-state index is 0.00436. The average molecular weight is 995 g/mol. The first-order valence-corrected chi connectivity index (χ1v) is 27.8. The average Bonchev–Trinajstić information content (AvgIpc) is 3.94. The van der Waals surface area contributed by atoms with Gasteiger partial charge in [0.1, 0.15) is 11.5 Å². The summed E-state index contributed by atoms with van der Waals surface area (Å²) in [6.45, 7) is 3.28. The summed E-state index contributed by atoms with van der Waals surface area (Å²) < 4.78 is 0. The predicted octanol–water partition coefficient (Wildman–Crippen LogP) is 10.5. The monoisotopic (exact) mass is 995 g/mol. The second-order valence-electron chi connectivity index (χ2n) is 22.7. The number of hydrogen-bond acceptors (Lipinski definition) is 9. The number of rotatable bonds is 19. The van der Waals surface area contributed by atoms with Gasteiger partial charge in [-0.15, -0.1) is 0 Å². The lowest BCUT2D eigenvalue weighted by molar-refractivity contribution is -0.177. The number of aromatic nitrogens is 1. The molecule has 13 unspecified atom stereocenters. The lowest BCUT2D eigenvalue weighted by atomic mass is 9.55. The summed E-state index contributed by atoms with van der Waals surface area (Å²) in [6.07, 6.45) is 20.1. The number of dihydropyridines is 1. The Hall–Kier alpha value is -5.33. The molecule has 2 heterocycles. The molecule has 392 valence electrons. The molecule has 0 saturated heterocycles. The number of fused-ring (bicyclic) bond motifs is 1. The molecule has 4 aliphatic carbocycles. The predicted molar refractivity (Wildman–Crippen MR) is 289 cm³/mol. The topological polar surface area (TPSA) is 204 Å². The fourth-order valence-electron chi connectivity index (χ4n) is 14.9. The molecule has 1 aromatic heterocycles. The molecule has 0 amide bonds. The van der Waals surface area contributed by atoms with E-state index in [0.717, 1.165) is 78.6 Å². The quantitative estimate of drug-likeness (QED) is 0.0318. The van der Waals surface area contributed by atoms with Gasteiger partial charge in [0.15, 0.2) is 0 Å². The number of carbonyl (C=O) groups is 1. The maximum atomic E-state index is 14.1. The number of aliphatic carboxylic acids is 1. The van der Waals surface area contributed by atoms with Gasteiger partial charge in [0.2, 0.25) is 0 Å². The molecule has 1 aliphatic heterocycles. The second-order valence-corrected chi connectivity index (χ2v) is 22.7. The minimum atomic E-state index is -1.26. The standard InChI is InChI=1S/C62H82N4O7/c1-3-4-7-14-39-21-22-42(55(68)31-39)19-12-13-20-43-23-24-46(54-36-48(41-17-10-6-11-18-41)59(66-54)50-34-45(67)35-56(69)49(50)30-38-15-8-5-9-16-38)52-33-44(29-40-27-28-65-57(63)32-40)51-26-25-47(60(70)58(43)61(71)72)53(37-64-2)62(51,52)73/h5-6,8-11,15-18,21-22,27,32,34-36,39,42-44,46-47,51-53,55,58,60,64-70,73H,3-4,7,12-14,19-20,23-26,28-31,33,37,63H2,1-2H3,(H,71,72). The molecule has 4 aromatic rings. The fraction of sp³-hybridized carbons (Fsp3) is 0.532. The summed E-state index contributed by atoms with van der Waals surface area (Å²) in [5, 5.41) is 78.8. The van der Waals surface area contributed by atoms with Gasteiger partial charge in [0, 0.05) is 65.7 Å². The molecule has 3 aromatic carbocycles. The van der Waals surface area contributed by atoms with E-state index in [-0.39, 0.29) is 53.1 Å². The van der Waals surface area contributed by atoms with Gasteiger partial charge >= 0.3 is 5.97 Å². The van der Waals surface area contributed by atoms with Crippen molar-refractivity contribution in [2.45, 2.75) is 133 Å². The zero-order valence-corrected chi connectivity index (χ0v) is 43.1. The van der Waals surface area contributed by atoms with Crippen molar-refractivity contribution >= 4 is 5.97 Å². The Balaban J connectivity index is 1.13. The van der Waals surface area contributed by atoms with Crippen molar-refractivity contribution in [2.24, 2.45) is 59.0 Å². The number of aliphatic hydroxyl groups is 3. The van der Waals surface area contributed by atoms with Gasteiger partial charge in [-0.25, -0.2) is 0 Å². The number of carboxylic acids is 1. The highest BCUT2D eigenvalue weighted by Crippen LogP contribution is 2.63. The third kappa shape index (κ3) is 11.4. The molecule has 13 atom stereocenters. The van der Waals surface area contributed by atoms with Gasteiger partial charge in [-0.05, 0) is 142 Å². The summed E-state index contributed by atoms with van der Waals surface area (Å²) in [5.74, 6) is -2.67. The zero-order chi connectivity index (χ0) is 51.2. The smallest absolute Gasteiger partial charge is 0.309 e. The molecular weight excluding hydrogens is 913 g/mol. The summed E-state index contributed by atoms with van der Waals surface area (Å²) in [4.78, 5) is 17.7. The summed E-state index contributed by atoms with van der Waals surface area (Å²) >= 11 is 0. The van der Waals surface area contributed by atoms with E-state index in [1.165, 1.54) is 25.3 Å². The van der Waals surface area contributed by atoms with Crippen molar-refractivity contribution in [2.75, 3.05) is 20.1 Å². The number of carboxylic acid groups (broad SMARTS) is 1. The lowest BCUT2D eigenvalue weighted by Crippen LogP contribution is -2.61. The van der Waals surface area contributed by atoms with Crippen LogP contribution in [0.5, 0.6) is 11.5 Å². The van der Waals surface area contributed by atoms with E-state index >= 15 is 0 Å². The molecule has 2 bridgehead atoms. The third-order valence-corrected chi connectivity index (χ3v) is 18.3. The van der Waals surface area contributed by atoms with Gasteiger partial charge in [0.05, 0.1) is 35.2 Å². The van der Waals surface area contributed by atoms with Crippen molar-refractivity contribution in [3.05, 3.63) is 131 Å². The Bertz CT molecular complexity index is 2570. The molecule has 3 saturated carbocycles. The van der Waals surface area contributed by atoms with Crippen LogP contribution in [0.1, 0.15) is 126 Å². The van der Waals surface area contributed by atoms with Crippen LogP contribution in [0.2, 0.25) is 0 Å². The van der Waals surface area contributed by atoms with Gasteiger partial charge in [-0.2, -0.15) is 0 Å². The number of nitrogens with one attached hydrogen (secondary N) is 3. The maximum absolute atomic E-state index is 14.1. The van der Waals surface area contributed by atoms with Crippen LogP contribution in [0.4, 0.5) is 0 Å². The molecule has 11 heteroatoms. The summed E-state index contributed by atoms with van der Waals surface area (Å²) in [5.41, 5.74) is 12.1. The van der Waals surface area contributed by atoms with Gasteiger partial charge in [-0.1, -0.05) is 118 Å². The molecule has 0 radical (unpaired) electrons. The third-order valence-electron chi connectivity index (χ3n) is 18.3. The van der Waals surface area contributed by atoms with Crippen molar-refractivity contribution in [3.8, 4) is 33.9 Å². The zero-order valence-electron chi connectivity index (χ0n) is 43.1. The number of H-pyrrole nitrogens is 1. The minimum Gasteiger partial charge on any atom is -0.508 e. The number of phenols is 2. The fourth-order valence-corrected chi connectivity index (χ4v) is 14.9. The van der Waals surface area contributed by atoms with E-state index in [0.29, 0.717) is 74.5 Å². The molecule has 73 heavy (non-hydrogen) atoms. The van der Waals surface area contributed by atoms with Crippen LogP contribution in [0.15, 0.2) is 115 Å². The van der Waals surface area contributed by atoms with Crippen LogP contribution < -0.4 is 16.4 Å². The summed E-state index contributed by atoms with van der Waals surface area (Å²) in [6, 6.07) is 25.5. The van der Waals surface area contributed by atoms with Crippen molar-refractivity contribution in [1.29, 1.82) is 0 Å². The number of aromatic hydroxyl groups is 2. The largest absolute Gasteiger partial charge is 0.508 e. The number of aliphatic hydroxyl groups excluding tert-OH is 2. The first-order valence-electron chi connectivity index (χ1n) is 27.8. The van der Waals surface area contributed by atoms with Gasteiger partial charge < -0.3 is 52.0 Å². The number of nitrogens with two attached hydrogens (primary N) is 1. The van der Waals surface area contributed by atoms with E-state index in [4.69, 9.17) is 5.73 Å². The second kappa shape index (κ2) is 23.5. The molecule has 5 aliphatic rings. The van der Waals surface area contributed by atoms with E-state index in [1.807, 2.05) is 61.7 Å². The Labute approximate surface area is 433 Å². The SMILES string of the molecule is CCCCCC1C=CC(CCCCC2CCC(c3cc(-c4ccccc4)c(-c4cc(O)cc(O)c4Cc4ccccc4)[nH]3)C3CC(CC4=CCNC(N)=C4)C4CCC(C(O)C2C(=O)O)C(CNC)C43O)C(O)C1. The van der Waals surface area contributed by atoms with E-state index in [2.05, 4.69) is 59.0 Å². The van der Waals surface area contributed by atoms with Crippen LogP contribution in [-0.2, 0) is 11.2 Å². The van der Waals surface area contributed by atoms with E-state index in [1.54, 1.807) is 6.07 Å². The van der Waals surface area contributed by atoms with Crippen LogP contribution >= 0.6 is 0 Å². The molecule has 11 N–H and O–H groups in total. The first kappa shape index (κ1) is 52.5. The number of phenolic OH excluding ortho intramolecular Hbond substituents is 2. The molecule has 0 spiro atoms. The van der Waals surface area contributed by atoms with Crippen LogP contribution in [0.25, 0.3) is 22.4 Å². The first-order chi connectivity index (χ1) is 35.4. The Kier molecular flexibility index (Phi) is 16.9. The van der Waals surface area contributed by atoms with Crippen LogP contribution in [-0.4, -0.2) is 79.5 Å². The number of aromatic amines is 1. The number of benzene rings is 3. The highest BCUT2D eigenvalue weighted by Gasteiger charge is 2.64. The number of hydrogen-bond donors (Lipinski definition) is 10. The molecular formula is C62H82N4O7. The van der Waals surface area contributed by atoms with Crippen LogP contribution in [0, 0.1) is 53.3 Å². The lowest BCUT2D eigenvalue weighted by Gasteiger charge is -2.54. The normalized spacial score (nSPS) is 31.1. The van der Waals surface area contributed by atoms with E-state index in [9.17, 15) is 35.4 Å². The molecule has 11 nitrogen and oxygen atoms in total. The Morgan fingerprint density at radius 2 is 1.59 bits per heavy atom. The van der Waals surface area contributed by atoms with E-state index < -0.39 is 35.4 Å². The molecule has 9 rings (SSSR count). The molecule has 3 fully saturated rings. The van der Waals surface area contributed by atoms with Gasteiger partial charge in [-0.3, -0.25) is 4.79 Å².